The van der Waals surface area contributed by atoms with E-state index in [1.165, 1.54) is 0 Å². The van der Waals surface area contributed by atoms with Crippen LogP contribution in [-0.4, -0.2) is 17.1 Å². The largest absolute Gasteiger partial charge is 0.480 e. The molecule has 2 rings (SSSR count). The first kappa shape index (κ1) is 11.6. The molecule has 2 unspecified atom stereocenters. The van der Waals surface area contributed by atoms with Crippen LogP contribution in [0, 0.1) is 0 Å². The van der Waals surface area contributed by atoms with Gasteiger partial charge in [0.25, 0.3) is 0 Å². The van der Waals surface area contributed by atoms with E-state index in [1.807, 2.05) is 49.4 Å². The van der Waals surface area contributed by atoms with E-state index in [2.05, 4.69) is 0 Å². The predicted molar refractivity (Wildman–Crippen MR) is 68.0 cm³/mol. The van der Waals surface area contributed by atoms with Crippen molar-refractivity contribution >= 4 is 16.7 Å². The maximum atomic E-state index is 10.9. The Kier molecular flexibility index (Phi) is 3.11. The van der Waals surface area contributed by atoms with Crippen LogP contribution in [-0.2, 0) is 4.79 Å². The van der Waals surface area contributed by atoms with Crippen LogP contribution in [0.3, 0.4) is 0 Å². The number of carbonyl (C=O) groups is 1. The smallest absolute Gasteiger partial charge is 0.321 e. The zero-order valence-electron chi connectivity index (χ0n) is 9.63. The van der Waals surface area contributed by atoms with Crippen molar-refractivity contribution in [2.75, 3.05) is 0 Å². The highest BCUT2D eigenvalue weighted by molar-refractivity contribution is 5.83. The van der Waals surface area contributed by atoms with Gasteiger partial charge in [0.2, 0.25) is 0 Å². The van der Waals surface area contributed by atoms with Gasteiger partial charge in [-0.3, -0.25) is 4.79 Å². The Morgan fingerprint density at radius 1 is 1.18 bits per heavy atom. The molecule has 0 aliphatic carbocycles. The molecule has 0 fully saturated rings. The summed E-state index contributed by atoms with van der Waals surface area (Å²) in [6.45, 7) is 1.84. The van der Waals surface area contributed by atoms with Crippen LogP contribution in [0.15, 0.2) is 42.5 Å². The maximum Gasteiger partial charge on any atom is 0.321 e. The first-order valence-electron chi connectivity index (χ1n) is 5.56. The zero-order valence-corrected chi connectivity index (χ0v) is 9.63. The number of nitrogens with two attached hydrogens (primary N) is 1. The van der Waals surface area contributed by atoms with Gasteiger partial charge in [-0.15, -0.1) is 0 Å². The molecule has 3 heteroatoms. The molecule has 0 amide bonds. The van der Waals surface area contributed by atoms with Crippen molar-refractivity contribution in [2.45, 2.75) is 18.9 Å². The van der Waals surface area contributed by atoms with Gasteiger partial charge in [0.1, 0.15) is 6.04 Å². The molecule has 0 spiro atoms. The molecule has 0 heterocycles. The molecule has 0 saturated carbocycles. The summed E-state index contributed by atoms with van der Waals surface area (Å²) in [5, 5.41) is 11.2. The summed E-state index contributed by atoms with van der Waals surface area (Å²) in [5.41, 5.74) is 6.59. The fraction of sp³-hybridized carbons (Fsp3) is 0.214. The fourth-order valence-electron chi connectivity index (χ4n) is 1.91. The fourth-order valence-corrected chi connectivity index (χ4v) is 1.91. The highest BCUT2D eigenvalue weighted by Gasteiger charge is 2.21. The quantitative estimate of drug-likeness (QED) is 0.849. The van der Waals surface area contributed by atoms with E-state index in [0.717, 1.165) is 16.3 Å². The summed E-state index contributed by atoms with van der Waals surface area (Å²) >= 11 is 0. The molecule has 0 bridgehead atoms. The maximum absolute atomic E-state index is 10.9. The van der Waals surface area contributed by atoms with Crippen LogP contribution in [0.5, 0.6) is 0 Å². The van der Waals surface area contributed by atoms with Crippen molar-refractivity contribution in [3.63, 3.8) is 0 Å². The van der Waals surface area contributed by atoms with Crippen molar-refractivity contribution in [1.82, 2.24) is 0 Å². The summed E-state index contributed by atoms with van der Waals surface area (Å²) in [4.78, 5) is 10.9. The monoisotopic (exact) mass is 229 g/mol. The van der Waals surface area contributed by atoms with Crippen LogP contribution >= 0.6 is 0 Å². The molecule has 3 nitrogen and oxygen atoms in total. The number of fused-ring (bicyclic) bond motifs is 1. The third kappa shape index (κ3) is 2.29. The minimum atomic E-state index is -0.967. The Morgan fingerprint density at radius 3 is 2.47 bits per heavy atom. The Hall–Kier alpha value is -1.87. The van der Waals surface area contributed by atoms with E-state index in [9.17, 15) is 4.79 Å². The first-order chi connectivity index (χ1) is 8.09. The Bertz CT molecular complexity index is 551. The molecule has 88 valence electrons. The predicted octanol–water partition coefficient (Wildman–Crippen LogP) is 2.36. The molecule has 3 N–H and O–H groups in total. The molecule has 0 aliphatic rings. The van der Waals surface area contributed by atoms with Gasteiger partial charge in [-0.05, 0) is 16.3 Å². The van der Waals surface area contributed by atoms with Gasteiger partial charge in [0.05, 0.1) is 0 Å². The van der Waals surface area contributed by atoms with Gasteiger partial charge >= 0.3 is 5.97 Å². The highest BCUT2D eigenvalue weighted by atomic mass is 16.4. The lowest BCUT2D eigenvalue weighted by Gasteiger charge is -2.16. The van der Waals surface area contributed by atoms with Crippen molar-refractivity contribution < 1.29 is 9.90 Å². The summed E-state index contributed by atoms with van der Waals surface area (Å²) < 4.78 is 0. The van der Waals surface area contributed by atoms with Crippen LogP contribution < -0.4 is 5.73 Å². The Morgan fingerprint density at radius 2 is 1.82 bits per heavy atom. The molecule has 0 aromatic heterocycles. The highest BCUT2D eigenvalue weighted by Crippen LogP contribution is 2.23. The third-order valence-electron chi connectivity index (χ3n) is 3.12. The number of hydrogen-bond acceptors (Lipinski definition) is 2. The zero-order chi connectivity index (χ0) is 12.4. The van der Waals surface area contributed by atoms with Gasteiger partial charge in [0, 0.05) is 5.92 Å². The normalized spacial score (nSPS) is 14.5. The van der Waals surface area contributed by atoms with Crippen LogP contribution in [0.1, 0.15) is 18.4 Å². The van der Waals surface area contributed by atoms with Gasteiger partial charge < -0.3 is 10.8 Å². The molecule has 0 aliphatic heterocycles. The number of carboxylic acids is 1. The molecule has 0 saturated heterocycles. The standard InChI is InChI=1S/C14H15NO2/c1-9(13(15)14(16)17)11-7-6-10-4-2-3-5-12(10)8-11/h2-9,13H,15H2,1H3,(H,16,17). The van der Waals surface area contributed by atoms with Gasteiger partial charge in [-0.1, -0.05) is 49.4 Å². The van der Waals surface area contributed by atoms with E-state index in [0.29, 0.717) is 0 Å². The minimum absolute atomic E-state index is 0.197. The molecule has 2 aromatic rings. The lowest BCUT2D eigenvalue weighted by molar-refractivity contribution is -0.139. The molecule has 2 atom stereocenters. The van der Waals surface area contributed by atoms with Crippen molar-refractivity contribution in [3.05, 3.63) is 48.0 Å². The van der Waals surface area contributed by atoms with E-state index < -0.39 is 12.0 Å². The van der Waals surface area contributed by atoms with Gasteiger partial charge in [-0.25, -0.2) is 0 Å². The lowest BCUT2D eigenvalue weighted by Crippen LogP contribution is -2.35. The van der Waals surface area contributed by atoms with Crippen molar-refractivity contribution in [2.24, 2.45) is 5.73 Å². The van der Waals surface area contributed by atoms with Crippen LogP contribution in [0.25, 0.3) is 10.8 Å². The summed E-state index contributed by atoms with van der Waals surface area (Å²) in [6.07, 6.45) is 0. The average molecular weight is 229 g/mol. The second-order valence-electron chi connectivity index (χ2n) is 4.26. The molecule has 2 aromatic carbocycles. The minimum Gasteiger partial charge on any atom is -0.480 e. The second-order valence-corrected chi connectivity index (χ2v) is 4.26. The number of aliphatic carboxylic acids is 1. The Labute approximate surface area is 99.9 Å². The van der Waals surface area contributed by atoms with Crippen LogP contribution in [0.4, 0.5) is 0 Å². The molecular weight excluding hydrogens is 214 g/mol. The SMILES string of the molecule is CC(c1ccc2ccccc2c1)C(N)C(=O)O. The molecular formula is C14H15NO2. The van der Waals surface area contributed by atoms with Gasteiger partial charge in [-0.2, -0.15) is 0 Å². The lowest BCUT2D eigenvalue weighted by atomic mass is 9.92. The summed E-state index contributed by atoms with van der Waals surface area (Å²) in [6, 6.07) is 13.1. The topological polar surface area (TPSA) is 63.3 Å². The number of benzene rings is 2. The second kappa shape index (κ2) is 4.55. The average Bonchev–Trinajstić information content (AvgIpc) is 2.36. The molecule has 17 heavy (non-hydrogen) atoms. The van der Waals surface area contributed by atoms with Crippen molar-refractivity contribution in [3.8, 4) is 0 Å². The Balaban J connectivity index is 2.39. The number of hydrogen-bond donors (Lipinski definition) is 2. The van der Waals surface area contributed by atoms with E-state index in [4.69, 9.17) is 10.8 Å². The van der Waals surface area contributed by atoms with Gasteiger partial charge in [0.15, 0.2) is 0 Å². The van der Waals surface area contributed by atoms with Crippen molar-refractivity contribution in [1.29, 1.82) is 0 Å². The first-order valence-corrected chi connectivity index (χ1v) is 5.56. The number of carboxylic acid groups (broad SMARTS) is 1. The number of rotatable bonds is 3. The van der Waals surface area contributed by atoms with E-state index in [-0.39, 0.29) is 5.92 Å². The van der Waals surface area contributed by atoms with Crippen LogP contribution in [0.2, 0.25) is 0 Å². The van der Waals surface area contributed by atoms with E-state index in [1.54, 1.807) is 0 Å². The summed E-state index contributed by atoms with van der Waals surface area (Å²) in [7, 11) is 0. The van der Waals surface area contributed by atoms with E-state index >= 15 is 0 Å². The molecule has 0 radical (unpaired) electrons. The third-order valence-corrected chi connectivity index (χ3v) is 3.12. The summed E-state index contributed by atoms with van der Waals surface area (Å²) in [5.74, 6) is -1.16.